The molecule has 2 aromatic rings. The van der Waals surface area contributed by atoms with E-state index in [1.165, 1.54) is 12.1 Å². The van der Waals surface area contributed by atoms with E-state index in [1.54, 1.807) is 18.3 Å². The molecular formula is C15H15N3O2S. The summed E-state index contributed by atoms with van der Waals surface area (Å²) in [5.41, 5.74) is 1.63. The van der Waals surface area contributed by atoms with Gasteiger partial charge in [-0.3, -0.25) is 4.98 Å². The van der Waals surface area contributed by atoms with Crippen molar-refractivity contribution in [2.75, 3.05) is 6.54 Å². The molecule has 2 rings (SSSR count). The summed E-state index contributed by atoms with van der Waals surface area (Å²) in [5.74, 6) is 0. The third-order valence-electron chi connectivity index (χ3n) is 2.92. The topological polar surface area (TPSA) is 82.8 Å². The lowest BCUT2D eigenvalue weighted by atomic mass is 10.2. The van der Waals surface area contributed by atoms with Crippen molar-refractivity contribution in [3.05, 3.63) is 59.9 Å². The van der Waals surface area contributed by atoms with Crippen molar-refractivity contribution in [3.63, 3.8) is 0 Å². The molecule has 0 saturated heterocycles. The van der Waals surface area contributed by atoms with Crippen LogP contribution in [0.15, 0.2) is 53.6 Å². The summed E-state index contributed by atoms with van der Waals surface area (Å²) in [7, 11) is -3.52. The van der Waals surface area contributed by atoms with Crippen LogP contribution in [0.2, 0.25) is 0 Å². The smallest absolute Gasteiger partial charge is 0.240 e. The van der Waals surface area contributed by atoms with Gasteiger partial charge in [0.2, 0.25) is 10.0 Å². The summed E-state index contributed by atoms with van der Waals surface area (Å²) in [5, 5.41) is 8.59. The number of nitriles is 1. The molecule has 0 bridgehead atoms. The monoisotopic (exact) mass is 301 g/mol. The van der Waals surface area contributed by atoms with Crippen LogP contribution in [-0.4, -0.2) is 19.9 Å². The number of nitrogens with zero attached hydrogens (tertiary/aromatic N) is 2. The maximum absolute atomic E-state index is 12.1. The molecule has 0 unspecified atom stereocenters. The van der Waals surface area contributed by atoms with E-state index in [9.17, 15) is 8.42 Å². The molecule has 108 valence electrons. The van der Waals surface area contributed by atoms with Crippen molar-refractivity contribution in [3.8, 4) is 6.07 Å². The molecular weight excluding hydrogens is 286 g/mol. The van der Waals surface area contributed by atoms with Gasteiger partial charge in [0.05, 0.1) is 17.4 Å². The number of pyridine rings is 1. The maximum Gasteiger partial charge on any atom is 0.240 e. The first-order chi connectivity index (χ1) is 10.1. The van der Waals surface area contributed by atoms with Crippen LogP contribution < -0.4 is 4.72 Å². The normalized spacial score (nSPS) is 11.0. The fourth-order valence-electron chi connectivity index (χ4n) is 1.82. The van der Waals surface area contributed by atoms with Gasteiger partial charge in [0.15, 0.2) is 0 Å². The first-order valence-electron chi connectivity index (χ1n) is 6.47. The van der Waals surface area contributed by atoms with Gasteiger partial charge in [0.25, 0.3) is 0 Å². The van der Waals surface area contributed by atoms with Crippen LogP contribution in [0.5, 0.6) is 0 Å². The van der Waals surface area contributed by atoms with Crippen LogP contribution in [0, 0.1) is 11.3 Å². The molecule has 1 aromatic carbocycles. The van der Waals surface area contributed by atoms with E-state index in [2.05, 4.69) is 9.71 Å². The molecule has 0 aliphatic carbocycles. The highest BCUT2D eigenvalue weighted by Crippen LogP contribution is 2.10. The van der Waals surface area contributed by atoms with Crippen molar-refractivity contribution >= 4 is 10.0 Å². The van der Waals surface area contributed by atoms with Crippen LogP contribution in [-0.2, 0) is 22.9 Å². The van der Waals surface area contributed by atoms with Crippen molar-refractivity contribution < 1.29 is 8.42 Å². The van der Waals surface area contributed by atoms with Gasteiger partial charge in [-0.1, -0.05) is 18.2 Å². The van der Waals surface area contributed by atoms with E-state index < -0.39 is 10.0 Å². The Kier molecular flexibility index (Phi) is 5.04. The molecule has 6 heteroatoms. The number of rotatable bonds is 6. The summed E-state index contributed by atoms with van der Waals surface area (Å²) in [6.07, 6.45) is 2.48. The third kappa shape index (κ3) is 4.38. The second kappa shape index (κ2) is 6.97. The van der Waals surface area contributed by atoms with Crippen molar-refractivity contribution in [2.45, 2.75) is 17.7 Å². The molecule has 1 N–H and O–H groups in total. The molecule has 21 heavy (non-hydrogen) atoms. The van der Waals surface area contributed by atoms with Crippen LogP contribution in [0.25, 0.3) is 0 Å². The lowest BCUT2D eigenvalue weighted by molar-refractivity contribution is 0.581. The van der Waals surface area contributed by atoms with E-state index in [0.717, 1.165) is 11.3 Å². The lowest BCUT2D eigenvalue weighted by Gasteiger charge is -2.07. The van der Waals surface area contributed by atoms with Gasteiger partial charge in [-0.25, -0.2) is 13.1 Å². The molecule has 0 radical (unpaired) electrons. The zero-order chi connectivity index (χ0) is 15.1. The molecule has 0 aliphatic rings. The Morgan fingerprint density at radius 2 is 1.90 bits per heavy atom. The Bertz CT molecular complexity index is 720. The summed E-state index contributed by atoms with van der Waals surface area (Å²) in [4.78, 5) is 4.34. The fourth-order valence-corrected chi connectivity index (χ4v) is 2.85. The molecule has 1 aromatic heterocycles. The van der Waals surface area contributed by atoms with Crippen molar-refractivity contribution in [1.29, 1.82) is 5.26 Å². The molecule has 1 heterocycles. The molecule has 0 saturated carbocycles. The summed E-state index contributed by atoms with van der Waals surface area (Å²) < 4.78 is 26.7. The number of nitrogens with one attached hydrogen (secondary N) is 1. The largest absolute Gasteiger partial charge is 0.261 e. The Morgan fingerprint density at radius 3 is 2.52 bits per heavy atom. The Balaban J connectivity index is 1.97. The van der Waals surface area contributed by atoms with E-state index >= 15 is 0 Å². The van der Waals surface area contributed by atoms with Gasteiger partial charge in [0, 0.05) is 24.9 Å². The minimum absolute atomic E-state index is 0.199. The van der Waals surface area contributed by atoms with Gasteiger partial charge in [-0.2, -0.15) is 5.26 Å². The van der Waals surface area contributed by atoms with Crippen LogP contribution >= 0.6 is 0 Å². The second-order valence-corrected chi connectivity index (χ2v) is 6.21. The molecule has 0 fully saturated rings. The Morgan fingerprint density at radius 1 is 1.14 bits per heavy atom. The van der Waals surface area contributed by atoms with Gasteiger partial charge in [0.1, 0.15) is 0 Å². The number of hydrogen-bond donors (Lipinski definition) is 1. The zero-order valence-corrected chi connectivity index (χ0v) is 12.2. The number of benzene rings is 1. The quantitative estimate of drug-likeness (QED) is 0.879. The van der Waals surface area contributed by atoms with Crippen LogP contribution in [0.1, 0.15) is 11.3 Å². The highest BCUT2D eigenvalue weighted by Gasteiger charge is 2.13. The zero-order valence-electron chi connectivity index (χ0n) is 11.4. The Labute approximate surface area is 124 Å². The van der Waals surface area contributed by atoms with E-state index in [-0.39, 0.29) is 11.3 Å². The first-order valence-corrected chi connectivity index (χ1v) is 7.95. The van der Waals surface area contributed by atoms with Crippen LogP contribution in [0.4, 0.5) is 0 Å². The predicted octanol–water partition coefficient (Wildman–Crippen LogP) is 1.67. The molecule has 0 amide bonds. The number of sulfonamides is 1. The van der Waals surface area contributed by atoms with Crippen molar-refractivity contribution in [1.82, 2.24) is 9.71 Å². The van der Waals surface area contributed by atoms with Gasteiger partial charge in [-0.15, -0.1) is 0 Å². The predicted molar refractivity (Wildman–Crippen MR) is 78.9 cm³/mol. The Hall–Kier alpha value is -2.23. The minimum Gasteiger partial charge on any atom is -0.261 e. The molecule has 0 atom stereocenters. The van der Waals surface area contributed by atoms with Gasteiger partial charge in [-0.05, 0) is 29.8 Å². The average molecular weight is 301 g/mol. The van der Waals surface area contributed by atoms with Gasteiger partial charge < -0.3 is 0 Å². The molecule has 0 spiro atoms. The standard InChI is InChI=1S/C15H15N3O2S/c16-10-8-13-4-6-15(7-5-13)21(19,20)18-12-9-14-3-1-2-11-17-14/h1-7,11,18H,8-9,12H2. The lowest BCUT2D eigenvalue weighted by Crippen LogP contribution is -2.26. The third-order valence-corrected chi connectivity index (χ3v) is 4.39. The minimum atomic E-state index is -3.52. The SMILES string of the molecule is N#CCc1ccc(S(=O)(=O)NCCc2ccccn2)cc1. The highest BCUT2D eigenvalue weighted by atomic mass is 32.2. The summed E-state index contributed by atoms with van der Waals surface area (Å²) in [6, 6.07) is 13.9. The number of hydrogen-bond acceptors (Lipinski definition) is 4. The van der Waals surface area contributed by atoms with E-state index in [1.807, 2.05) is 24.3 Å². The average Bonchev–Trinajstić information content (AvgIpc) is 2.49. The van der Waals surface area contributed by atoms with Gasteiger partial charge >= 0.3 is 0 Å². The van der Waals surface area contributed by atoms with Crippen LogP contribution in [0.3, 0.4) is 0 Å². The van der Waals surface area contributed by atoms with E-state index in [4.69, 9.17) is 5.26 Å². The van der Waals surface area contributed by atoms with Crippen molar-refractivity contribution in [2.24, 2.45) is 0 Å². The highest BCUT2D eigenvalue weighted by molar-refractivity contribution is 7.89. The molecule has 5 nitrogen and oxygen atoms in total. The first kappa shape index (κ1) is 15.2. The summed E-state index contributed by atoms with van der Waals surface area (Å²) >= 11 is 0. The maximum atomic E-state index is 12.1. The molecule has 0 aliphatic heterocycles. The van der Waals surface area contributed by atoms with E-state index in [0.29, 0.717) is 13.0 Å². The second-order valence-electron chi connectivity index (χ2n) is 4.45. The summed E-state index contributed by atoms with van der Waals surface area (Å²) in [6.45, 7) is 0.291. The fraction of sp³-hybridized carbons (Fsp3) is 0.200. The number of aromatic nitrogens is 1.